The number of benzene rings is 1. The minimum Gasteiger partial charge on any atom is -0.341 e. The minimum absolute atomic E-state index is 0.0446. The smallest absolute Gasteiger partial charge is 0.253 e. The van der Waals surface area contributed by atoms with E-state index in [9.17, 15) is 9.59 Å². The molecule has 3 heteroatoms. The van der Waals surface area contributed by atoms with E-state index in [4.69, 9.17) is 0 Å². The van der Waals surface area contributed by atoms with Gasteiger partial charge in [-0.1, -0.05) is 18.2 Å². The van der Waals surface area contributed by atoms with Crippen molar-refractivity contribution in [3.8, 4) is 0 Å². The molecule has 1 amide bonds. The summed E-state index contributed by atoms with van der Waals surface area (Å²) in [6, 6.07) is 9.06. The Morgan fingerprint density at radius 3 is 2.33 bits per heavy atom. The van der Waals surface area contributed by atoms with Crippen LogP contribution in [0.25, 0.3) is 0 Å². The fourth-order valence-electron chi connectivity index (χ4n) is 1.23. The summed E-state index contributed by atoms with van der Waals surface area (Å²) in [6.07, 6.45) is 0.412. The van der Waals surface area contributed by atoms with Gasteiger partial charge in [-0.25, -0.2) is 0 Å². The van der Waals surface area contributed by atoms with Gasteiger partial charge < -0.3 is 4.90 Å². The molecule has 1 aromatic rings. The third kappa shape index (κ3) is 3.54. The van der Waals surface area contributed by atoms with E-state index in [1.54, 1.807) is 24.1 Å². The number of Topliss-reactive ketones (excluding diaryl/α,β-unsaturated/α-hetero) is 1. The van der Waals surface area contributed by atoms with Crippen molar-refractivity contribution >= 4 is 11.7 Å². The fraction of sp³-hybridized carbons (Fsp3) is 0.333. The van der Waals surface area contributed by atoms with E-state index in [-0.39, 0.29) is 11.7 Å². The molecule has 0 aromatic heterocycles. The maximum Gasteiger partial charge on any atom is 0.253 e. The lowest BCUT2D eigenvalue weighted by molar-refractivity contribution is -0.117. The molecule has 0 saturated carbocycles. The predicted molar refractivity (Wildman–Crippen MR) is 58.7 cm³/mol. The first-order chi connectivity index (χ1) is 7.11. The van der Waals surface area contributed by atoms with Crippen LogP contribution in [0.4, 0.5) is 0 Å². The minimum atomic E-state index is -0.0446. The monoisotopic (exact) mass is 205 g/mol. The van der Waals surface area contributed by atoms with Gasteiger partial charge in [-0.2, -0.15) is 0 Å². The van der Waals surface area contributed by atoms with Crippen LogP contribution >= 0.6 is 0 Å². The van der Waals surface area contributed by atoms with E-state index in [0.29, 0.717) is 18.5 Å². The summed E-state index contributed by atoms with van der Waals surface area (Å²) in [6.45, 7) is 2.00. The third-order valence-corrected chi connectivity index (χ3v) is 2.17. The number of carbonyl (C=O) groups is 2. The molecular formula is C12H15NO2. The molecule has 0 aliphatic carbocycles. The molecule has 0 heterocycles. The molecule has 0 atom stereocenters. The lowest BCUT2D eigenvalue weighted by atomic mass is 10.2. The SMILES string of the molecule is CC(=O)CCN(C)C(=O)c1ccccc1. The van der Waals surface area contributed by atoms with Gasteiger partial charge in [0.05, 0.1) is 0 Å². The lowest BCUT2D eigenvalue weighted by Gasteiger charge is -2.16. The van der Waals surface area contributed by atoms with Gasteiger partial charge in [0.2, 0.25) is 0 Å². The Hall–Kier alpha value is -1.64. The van der Waals surface area contributed by atoms with Crippen molar-refractivity contribution < 1.29 is 9.59 Å². The maximum atomic E-state index is 11.8. The molecular weight excluding hydrogens is 190 g/mol. The number of rotatable bonds is 4. The van der Waals surface area contributed by atoms with Crippen LogP contribution in [0.2, 0.25) is 0 Å². The average Bonchev–Trinajstić information content (AvgIpc) is 2.26. The topological polar surface area (TPSA) is 37.4 Å². The molecule has 3 nitrogen and oxygen atoms in total. The second-order valence-electron chi connectivity index (χ2n) is 3.54. The van der Waals surface area contributed by atoms with E-state index in [2.05, 4.69) is 0 Å². The van der Waals surface area contributed by atoms with Crippen LogP contribution in [0.5, 0.6) is 0 Å². The molecule has 0 saturated heterocycles. The summed E-state index contributed by atoms with van der Waals surface area (Å²) in [5.41, 5.74) is 0.656. The van der Waals surface area contributed by atoms with Gasteiger partial charge in [-0.3, -0.25) is 9.59 Å². The Labute approximate surface area is 89.7 Å². The van der Waals surface area contributed by atoms with Crippen molar-refractivity contribution in [2.45, 2.75) is 13.3 Å². The lowest BCUT2D eigenvalue weighted by Crippen LogP contribution is -2.28. The Morgan fingerprint density at radius 1 is 1.20 bits per heavy atom. The second kappa shape index (κ2) is 5.29. The van der Waals surface area contributed by atoms with Crippen molar-refractivity contribution in [2.24, 2.45) is 0 Å². The summed E-state index contributed by atoms with van der Waals surface area (Å²) in [5.74, 6) is 0.0551. The van der Waals surface area contributed by atoms with Crippen molar-refractivity contribution in [3.05, 3.63) is 35.9 Å². The van der Waals surface area contributed by atoms with Gasteiger partial charge in [0, 0.05) is 25.6 Å². The Bertz CT molecular complexity index is 346. The van der Waals surface area contributed by atoms with Crippen LogP contribution in [-0.4, -0.2) is 30.2 Å². The van der Waals surface area contributed by atoms with Gasteiger partial charge in [-0.15, -0.1) is 0 Å². The van der Waals surface area contributed by atoms with E-state index in [0.717, 1.165) is 0 Å². The van der Waals surface area contributed by atoms with Gasteiger partial charge in [-0.05, 0) is 19.1 Å². The van der Waals surface area contributed by atoms with E-state index in [1.807, 2.05) is 18.2 Å². The van der Waals surface area contributed by atoms with Crippen LogP contribution in [0.3, 0.4) is 0 Å². The highest BCUT2D eigenvalue weighted by Gasteiger charge is 2.10. The normalized spacial score (nSPS) is 9.73. The molecule has 0 fully saturated rings. The summed E-state index contributed by atoms with van der Waals surface area (Å²) in [4.78, 5) is 24.1. The molecule has 1 aromatic carbocycles. The quantitative estimate of drug-likeness (QED) is 0.750. The first-order valence-electron chi connectivity index (χ1n) is 4.91. The number of carbonyl (C=O) groups excluding carboxylic acids is 2. The highest BCUT2D eigenvalue weighted by atomic mass is 16.2. The fourth-order valence-corrected chi connectivity index (χ4v) is 1.23. The summed E-state index contributed by atoms with van der Waals surface area (Å²) in [7, 11) is 1.71. The van der Waals surface area contributed by atoms with Gasteiger partial charge >= 0.3 is 0 Å². The molecule has 15 heavy (non-hydrogen) atoms. The molecule has 0 unspecified atom stereocenters. The molecule has 0 radical (unpaired) electrons. The summed E-state index contributed by atoms with van der Waals surface area (Å²) >= 11 is 0. The molecule has 0 N–H and O–H groups in total. The van der Waals surface area contributed by atoms with Crippen molar-refractivity contribution in [1.82, 2.24) is 4.90 Å². The first kappa shape index (κ1) is 11.4. The standard InChI is InChI=1S/C12H15NO2/c1-10(14)8-9-13(2)12(15)11-6-4-3-5-7-11/h3-7H,8-9H2,1-2H3. The van der Waals surface area contributed by atoms with E-state index >= 15 is 0 Å². The van der Waals surface area contributed by atoms with Crippen LogP contribution < -0.4 is 0 Å². The molecule has 0 spiro atoms. The van der Waals surface area contributed by atoms with Crippen LogP contribution in [0.1, 0.15) is 23.7 Å². The Kier molecular flexibility index (Phi) is 4.03. The molecule has 80 valence electrons. The van der Waals surface area contributed by atoms with Crippen LogP contribution in [0.15, 0.2) is 30.3 Å². The summed E-state index contributed by atoms with van der Waals surface area (Å²) in [5, 5.41) is 0. The highest BCUT2D eigenvalue weighted by molar-refractivity contribution is 5.94. The maximum absolute atomic E-state index is 11.8. The Balaban J connectivity index is 2.57. The molecule has 1 rings (SSSR count). The number of ketones is 1. The number of nitrogens with zero attached hydrogens (tertiary/aromatic N) is 1. The first-order valence-corrected chi connectivity index (χ1v) is 4.91. The second-order valence-corrected chi connectivity index (χ2v) is 3.54. The van der Waals surface area contributed by atoms with Gasteiger partial charge in [0.15, 0.2) is 0 Å². The zero-order chi connectivity index (χ0) is 11.3. The Morgan fingerprint density at radius 2 is 1.80 bits per heavy atom. The number of amides is 1. The average molecular weight is 205 g/mol. The van der Waals surface area contributed by atoms with E-state index < -0.39 is 0 Å². The zero-order valence-corrected chi connectivity index (χ0v) is 9.06. The van der Waals surface area contributed by atoms with Crippen LogP contribution in [0, 0.1) is 0 Å². The zero-order valence-electron chi connectivity index (χ0n) is 9.06. The molecule has 0 aliphatic rings. The molecule has 0 aliphatic heterocycles. The largest absolute Gasteiger partial charge is 0.341 e. The highest BCUT2D eigenvalue weighted by Crippen LogP contribution is 2.03. The van der Waals surface area contributed by atoms with Crippen LogP contribution in [-0.2, 0) is 4.79 Å². The van der Waals surface area contributed by atoms with E-state index in [1.165, 1.54) is 6.92 Å². The number of hydrogen-bond donors (Lipinski definition) is 0. The van der Waals surface area contributed by atoms with Gasteiger partial charge in [0.1, 0.15) is 5.78 Å². The van der Waals surface area contributed by atoms with Crippen molar-refractivity contribution in [2.75, 3.05) is 13.6 Å². The van der Waals surface area contributed by atoms with Crippen molar-refractivity contribution in [1.29, 1.82) is 0 Å². The van der Waals surface area contributed by atoms with Crippen molar-refractivity contribution in [3.63, 3.8) is 0 Å². The third-order valence-electron chi connectivity index (χ3n) is 2.17. The predicted octanol–water partition coefficient (Wildman–Crippen LogP) is 1.74. The molecule has 0 bridgehead atoms. The number of hydrogen-bond acceptors (Lipinski definition) is 2. The summed E-state index contributed by atoms with van der Waals surface area (Å²) < 4.78 is 0. The van der Waals surface area contributed by atoms with Gasteiger partial charge in [0.25, 0.3) is 5.91 Å².